The number of halogens is 1. The fourth-order valence-electron chi connectivity index (χ4n) is 1.86. The van der Waals surface area contributed by atoms with Crippen molar-refractivity contribution < 1.29 is 4.79 Å². The SMILES string of the molecule is CSc1ccc([C@@H](C)NC(=O)c2ccc(Cl)cc2)cc1. The summed E-state index contributed by atoms with van der Waals surface area (Å²) in [5.41, 5.74) is 1.70. The first kappa shape index (κ1) is 14.9. The predicted molar refractivity (Wildman–Crippen MR) is 85.6 cm³/mol. The van der Waals surface area contributed by atoms with Crippen molar-refractivity contribution in [3.63, 3.8) is 0 Å². The van der Waals surface area contributed by atoms with Crippen LogP contribution in [0, 0.1) is 0 Å². The Morgan fingerprint density at radius 1 is 1.10 bits per heavy atom. The molecule has 2 aromatic rings. The van der Waals surface area contributed by atoms with Gasteiger partial charge in [0, 0.05) is 15.5 Å². The highest BCUT2D eigenvalue weighted by Gasteiger charge is 2.11. The minimum Gasteiger partial charge on any atom is -0.346 e. The maximum atomic E-state index is 12.1. The molecule has 2 rings (SSSR count). The molecule has 0 saturated heterocycles. The average molecular weight is 306 g/mol. The second-order valence-electron chi connectivity index (χ2n) is 4.48. The van der Waals surface area contributed by atoms with Gasteiger partial charge in [-0.3, -0.25) is 4.79 Å². The van der Waals surface area contributed by atoms with Crippen LogP contribution in [0.4, 0.5) is 0 Å². The summed E-state index contributed by atoms with van der Waals surface area (Å²) >= 11 is 7.51. The predicted octanol–water partition coefficient (Wildman–Crippen LogP) is 4.55. The minimum absolute atomic E-state index is 0.0333. The summed E-state index contributed by atoms with van der Waals surface area (Å²) in [6.07, 6.45) is 2.04. The summed E-state index contributed by atoms with van der Waals surface area (Å²) < 4.78 is 0. The van der Waals surface area contributed by atoms with E-state index in [1.54, 1.807) is 36.0 Å². The smallest absolute Gasteiger partial charge is 0.251 e. The molecule has 4 heteroatoms. The van der Waals surface area contributed by atoms with Crippen LogP contribution in [0.15, 0.2) is 53.4 Å². The molecule has 2 aromatic carbocycles. The van der Waals surface area contributed by atoms with E-state index in [9.17, 15) is 4.79 Å². The Hall–Kier alpha value is -1.45. The van der Waals surface area contributed by atoms with E-state index in [4.69, 9.17) is 11.6 Å². The van der Waals surface area contributed by atoms with Crippen LogP contribution >= 0.6 is 23.4 Å². The third-order valence-electron chi connectivity index (χ3n) is 3.07. The van der Waals surface area contributed by atoms with E-state index >= 15 is 0 Å². The lowest BCUT2D eigenvalue weighted by atomic mass is 10.1. The molecule has 0 aromatic heterocycles. The molecule has 0 fully saturated rings. The van der Waals surface area contributed by atoms with Gasteiger partial charge in [0.2, 0.25) is 0 Å². The highest BCUT2D eigenvalue weighted by atomic mass is 35.5. The van der Waals surface area contributed by atoms with Crippen LogP contribution in [0.1, 0.15) is 28.9 Å². The maximum Gasteiger partial charge on any atom is 0.251 e. The lowest BCUT2D eigenvalue weighted by Gasteiger charge is -2.14. The standard InChI is InChI=1S/C16H16ClNOS/c1-11(12-5-9-15(20-2)10-6-12)18-16(19)13-3-7-14(17)8-4-13/h3-11H,1-2H3,(H,18,19)/t11-/m1/s1. The zero-order valence-electron chi connectivity index (χ0n) is 11.4. The second kappa shape index (κ2) is 6.82. The Balaban J connectivity index is 2.04. The maximum absolute atomic E-state index is 12.1. The summed E-state index contributed by atoms with van der Waals surface area (Å²) in [4.78, 5) is 13.3. The Bertz CT molecular complexity index is 580. The summed E-state index contributed by atoms with van der Waals surface area (Å²) in [7, 11) is 0. The average Bonchev–Trinajstić information content (AvgIpc) is 2.48. The lowest BCUT2D eigenvalue weighted by molar-refractivity contribution is 0.0940. The van der Waals surface area contributed by atoms with Gasteiger partial charge in [0.1, 0.15) is 0 Å². The van der Waals surface area contributed by atoms with Crippen LogP contribution in [0.5, 0.6) is 0 Å². The molecule has 0 bridgehead atoms. The molecule has 1 amide bonds. The molecule has 104 valence electrons. The molecule has 2 nitrogen and oxygen atoms in total. The third kappa shape index (κ3) is 3.78. The Morgan fingerprint density at radius 3 is 2.25 bits per heavy atom. The van der Waals surface area contributed by atoms with Gasteiger partial charge >= 0.3 is 0 Å². The van der Waals surface area contributed by atoms with E-state index in [2.05, 4.69) is 17.4 Å². The number of amides is 1. The lowest BCUT2D eigenvalue weighted by Crippen LogP contribution is -2.26. The highest BCUT2D eigenvalue weighted by molar-refractivity contribution is 7.98. The molecule has 0 aliphatic rings. The number of carbonyl (C=O) groups excluding carboxylic acids is 1. The van der Waals surface area contributed by atoms with Crippen molar-refractivity contribution in [3.8, 4) is 0 Å². The van der Waals surface area contributed by atoms with Crippen LogP contribution in [-0.4, -0.2) is 12.2 Å². The van der Waals surface area contributed by atoms with Crippen LogP contribution < -0.4 is 5.32 Å². The molecule has 0 radical (unpaired) electrons. The van der Waals surface area contributed by atoms with Crippen LogP contribution in [-0.2, 0) is 0 Å². The van der Waals surface area contributed by atoms with Crippen molar-refractivity contribution in [3.05, 3.63) is 64.7 Å². The number of rotatable bonds is 4. The zero-order valence-corrected chi connectivity index (χ0v) is 13.0. The molecule has 1 atom stereocenters. The van der Waals surface area contributed by atoms with E-state index in [1.165, 1.54) is 4.90 Å². The Kier molecular flexibility index (Phi) is 5.10. The van der Waals surface area contributed by atoms with Crippen molar-refractivity contribution in [2.24, 2.45) is 0 Å². The van der Waals surface area contributed by atoms with Gasteiger partial charge in [0.05, 0.1) is 6.04 Å². The van der Waals surface area contributed by atoms with E-state index in [1.807, 2.05) is 25.3 Å². The van der Waals surface area contributed by atoms with Gasteiger partial charge in [0.15, 0.2) is 0 Å². The quantitative estimate of drug-likeness (QED) is 0.839. The molecule has 0 aliphatic heterocycles. The van der Waals surface area contributed by atoms with E-state index in [0.29, 0.717) is 10.6 Å². The first-order chi connectivity index (χ1) is 9.60. The number of benzene rings is 2. The molecule has 0 saturated carbocycles. The molecule has 0 spiro atoms. The van der Waals surface area contributed by atoms with Gasteiger partial charge in [-0.1, -0.05) is 23.7 Å². The first-order valence-corrected chi connectivity index (χ1v) is 7.91. The number of hydrogen-bond donors (Lipinski definition) is 1. The van der Waals surface area contributed by atoms with Crippen LogP contribution in [0.25, 0.3) is 0 Å². The molecule has 0 heterocycles. The molecule has 0 unspecified atom stereocenters. The second-order valence-corrected chi connectivity index (χ2v) is 5.79. The third-order valence-corrected chi connectivity index (χ3v) is 4.07. The summed E-state index contributed by atoms with van der Waals surface area (Å²) in [6.45, 7) is 1.97. The molecular formula is C16H16ClNOS. The van der Waals surface area contributed by atoms with Gasteiger partial charge in [-0.15, -0.1) is 11.8 Å². The van der Waals surface area contributed by atoms with Crippen molar-refractivity contribution in [1.29, 1.82) is 0 Å². The van der Waals surface area contributed by atoms with Crippen molar-refractivity contribution >= 4 is 29.3 Å². The molecule has 20 heavy (non-hydrogen) atoms. The van der Waals surface area contributed by atoms with Crippen molar-refractivity contribution in [1.82, 2.24) is 5.32 Å². The van der Waals surface area contributed by atoms with Gasteiger partial charge in [0.25, 0.3) is 5.91 Å². The van der Waals surface area contributed by atoms with Gasteiger partial charge in [-0.25, -0.2) is 0 Å². The monoisotopic (exact) mass is 305 g/mol. The van der Waals surface area contributed by atoms with Gasteiger partial charge in [-0.2, -0.15) is 0 Å². The van der Waals surface area contributed by atoms with Gasteiger partial charge < -0.3 is 5.32 Å². The summed E-state index contributed by atoms with van der Waals surface area (Å²) in [5, 5.41) is 3.61. The number of hydrogen-bond acceptors (Lipinski definition) is 2. The van der Waals surface area contributed by atoms with Crippen molar-refractivity contribution in [2.45, 2.75) is 17.9 Å². The summed E-state index contributed by atoms with van der Waals surface area (Å²) in [6, 6.07) is 15.0. The van der Waals surface area contributed by atoms with Crippen LogP contribution in [0.2, 0.25) is 5.02 Å². The molecule has 1 N–H and O–H groups in total. The Morgan fingerprint density at radius 2 is 1.70 bits per heavy atom. The fourth-order valence-corrected chi connectivity index (χ4v) is 2.39. The van der Waals surface area contributed by atoms with Crippen molar-refractivity contribution in [2.75, 3.05) is 6.26 Å². The van der Waals surface area contributed by atoms with E-state index in [-0.39, 0.29) is 11.9 Å². The van der Waals surface area contributed by atoms with Gasteiger partial charge in [-0.05, 0) is 55.1 Å². The topological polar surface area (TPSA) is 29.1 Å². The molecule has 0 aliphatic carbocycles. The first-order valence-electron chi connectivity index (χ1n) is 6.30. The largest absolute Gasteiger partial charge is 0.346 e. The Labute approximate surface area is 128 Å². The fraction of sp³-hybridized carbons (Fsp3) is 0.188. The minimum atomic E-state index is -0.0943. The number of thioether (sulfide) groups is 1. The molecular weight excluding hydrogens is 290 g/mol. The number of nitrogens with one attached hydrogen (secondary N) is 1. The van der Waals surface area contributed by atoms with E-state index in [0.717, 1.165) is 5.56 Å². The van der Waals surface area contributed by atoms with E-state index < -0.39 is 0 Å². The summed E-state index contributed by atoms with van der Waals surface area (Å²) in [5.74, 6) is -0.0943. The normalized spacial score (nSPS) is 11.9. The highest BCUT2D eigenvalue weighted by Crippen LogP contribution is 2.19. The zero-order chi connectivity index (χ0) is 14.5. The van der Waals surface area contributed by atoms with Crippen LogP contribution in [0.3, 0.4) is 0 Å². The number of carbonyl (C=O) groups is 1.